The predicted molar refractivity (Wildman–Crippen MR) is 90.9 cm³/mol. The molecular weight excluding hydrogens is 295 g/mol. The number of methoxy groups -OCH3 is 3. The van der Waals surface area contributed by atoms with Crippen LogP contribution in [0.15, 0.2) is 24.3 Å². The molecule has 1 unspecified atom stereocenters. The molecule has 0 radical (unpaired) electrons. The van der Waals surface area contributed by atoms with Gasteiger partial charge in [-0.1, -0.05) is 57.6 Å². The molecule has 0 aromatic heterocycles. The summed E-state index contributed by atoms with van der Waals surface area (Å²) in [7, 11) is 4.67. The molecule has 1 aromatic rings. The molecule has 0 bridgehead atoms. The third-order valence-corrected chi connectivity index (χ3v) is 4.38. The fourth-order valence-electron chi connectivity index (χ4n) is 3.08. The van der Waals surface area contributed by atoms with Gasteiger partial charge in [-0.25, -0.2) is 4.39 Å². The van der Waals surface area contributed by atoms with Gasteiger partial charge >= 0.3 is 0 Å². The quantitative estimate of drug-likeness (QED) is 0.388. The summed E-state index contributed by atoms with van der Waals surface area (Å²) in [5, 5.41) is 0. The van der Waals surface area contributed by atoms with E-state index in [-0.39, 0.29) is 11.7 Å². The van der Waals surface area contributed by atoms with Gasteiger partial charge in [0.15, 0.2) is 0 Å². The van der Waals surface area contributed by atoms with Gasteiger partial charge in [0, 0.05) is 21.3 Å². The van der Waals surface area contributed by atoms with Crippen LogP contribution in [0.5, 0.6) is 0 Å². The van der Waals surface area contributed by atoms with Gasteiger partial charge in [0.2, 0.25) is 0 Å². The second-order valence-corrected chi connectivity index (χ2v) is 5.88. The van der Waals surface area contributed by atoms with Crippen LogP contribution in [0.4, 0.5) is 4.39 Å². The maximum absolute atomic E-state index is 13.6. The highest BCUT2D eigenvalue weighted by molar-refractivity contribution is 5.22. The molecule has 0 aliphatic rings. The molecule has 4 heteroatoms. The van der Waals surface area contributed by atoms with Crippen molar-refractivity contribution in [3.8, 4) is 0 Å². The van der Waals surface area contributed by atoms with Crippen LogP contribution in [0, 0.1) is 5.82 Å². The standard InChI is InChI=1S/C19H31FO3/c1-5-6-7-8-9-10-14-18(19(21-2,22-3)23-4)16-12-11-13-17(20)15-16/h11-13,15,18H,5-10,14H2,1-4H3. The second-order valence-electron chi connectivity index (χ2n) is 5.88. The lowest BCUT2D eigenvalue weighted by Crippen LogP contribution is -2.42. The largest absolute Gasteiger partial charge is 0.330 e. The van der Waals surface area contributed by atoms with E-state index in [0.29, 0.717) is 0 Å². The van der Waals surface area contributed by atoms with E-state index in [1.165, 1.54) is 37.8 Å². The Morgan fingerprint density at radius 2 is 1.57 bits per heavy atom. The predicted octanol–water partition coefficient (Wildman–Crippen LogP) is 5.25. The van der Waals surface area contributed by atoms with Gasteiger partial charge in [-0.05, 0) is 24.1 Å². The van der Waals surface area contributed by atoms with Crippen molar-refractivity contribution in [3.05, 3.63) is 35.6 Å². The third kappa shape index (κ3) is 5.87. The summed E-state index contributed by atoms with van der Waals surface area (Å²) in [5.41, 5.74) is 0.837. The Kier molecular flexibility index (Phi) is 9.37. The molecule has 132 valence electrons. The molecule has 0 amide bonds. The highest BCUT2D eigenvalue weighted by atomic mass is 19.1. The molecule has 0 aliphatic carbocycles. The van der Waals surface area contributed by atoms with Crippen molar-refractivity contribution >= 4 is 0 Å². The molecule has 23 heavy (non-hydrogen) atoms. The van der Waals surface area contributed by atoms with Crippen LogP contribution in [0.3, 0.4) is 0 Å². The van der Waals surface area contributed by atoms with Crippen LogP contribution in [-0.2, 0) is 14.2 Å². The maximum atomic E-state index is 13.6. The van der Waals surface area contributed by atoms with Crippen LogP contribution in [0.1, 0.15) is 63.4 Å². The Balaban J connectivity index is 2.81. The lowest BCUT2D eigenvalue weighted by atomic mass is 9.90. The number of halogens is 1. The van der Waals surface area contributed by atoms with Gasteiger partial charge < -0.3 is 14.2 Å². The molecule has 0 fully saturated rings. The van der Waals surface area contributed by atoms with Crippen molar-refractivity contribution < 1.29 is 18.6 Å². The van der Waals surface area contributed by atoms with E-state index in [2.05, 4.69) is 6.92 Å². The number of hydrogen-bond donors (Lipinski definition) is 0. The monoisotopic (exact) mass is 326 g/mol. The summed E-state index contributed by atoms with van der Waals surface area (Å²) in [6.45, 7) is 2.21. The lowest BCUT2D eigenvalue weighted by molar-refractivity contribution is -0.365. The Morgan fingerprint density at radius 3 is 2.13 bits per heavy atom. The van der Waals surface area contributed by atoms with E-state index >= 15 is 0 Å². The molecule has 1 atom stereocenters. The second kappa shape index (κ2) is 10.7. The van der Waals surface area contributed by atoms with Crippen molar-refractivity contribution in [3.63, 3.8) is 0 Å². The van der Waals surface area contributed by atoms with E-state index < -0.39 is 5.97 Å². The van der Waals surface area contributed by atoms with E-state index in [9.17, 15) is 4.39 Å². The first kappa shape index (κ1) is 20.1. The van der Waals surface area contributed by atoms with Crippen molar-refractivity contribution in [2.45, 2.75) is 63.8 Å². The van der Waals surface area contributed by atoms with Crippen LogP contribution < -0.4 is 0 Å². The Hall–Kier alpha value is -0.970. The fourth-order valence-corrected chi connectivity index (χ4v) is 3.08. The molecular formula is C19H31FO3. The van der Waals surface area contributed by atoms with E-state index in [4.69, 9.17) is 14.2 Å². The summed E-state index contributed by atoms with van der Waals surface area (Å²) in [6, 6.07) is 6.59. The van der Waals surface area contributed by atoms with E-state index in [1.54, 1.807) is 27.4 Å². The lowest BCUT2D eigenvalue weighted by Gasteiger charge is -2.36. The van der Waals surface area contributed by atoms with Gasteiger partial charge in [0.1, 0.15) is 5.82 Å². The molecule has 0 spiro atoms. The smallest absolute Gasteiger partial charge is 0.289 e. The minimum Gasteiger partial charge on any atom is -0.330 e. The molecule has 0 saturated carbocycles. The van der Waals surface area contributed by atoms with Crippen molar-refractivity contribution in [1.29, 1.82) is 0 Å². The fraction of sp³-hybridized carbons (Fsp3) is 0.684. The average Bonchev–Trinajstić information content (AvgIpc) is 2.57. The minimum atomic E-state index is -1.18. The summed E-state index contributed by atoms with van der Waals surface area (Å²) in [4.78, 5) is 0. The molecule has 0 saturated heterocycles. The summed E-state index contributed by atoms with van der Waals surface area (Å²) >= 11 is 0. The maximum Gasteiger partial charge on any atom is 0.289 e. The number of ether oxygens (including phenoxy) is 3. The van der Waals surface area contributed by atoms with Gasteiger partial charge in [0.25, 0.3) is 5.97 Å². The molecule has 1 aromatic carbocycles. The van der Waals surface area contributed by atoms with Crippen LogP contribution in [-0.4, -0.2) is 27.3 Å². The molecule has 3 nitrogen and oxygen atoms in total. The van der Waals surface area contributed by atoms with E-state index in [1.807, 2.05) is 6.07 Å². The number of benzene rings is 1. The minimum absolute atomic E-state index is 0.177. The van der Waals surface area contributed by atoms with Crippen molar-refractivity contribution in [2.75, 3.05) is 21.3 Å². The normalized spacial score (nSPS) is 13.3. The van der Waals surface area contributed by atoms with Gasteiger partial charge in [-0.15, -0.1) is 0 Å². The summed E-state index contributed by atoms with van der Waals surface area (Å²) in [6.07, 6.45) is 8.03. The van der Waals surface area contributed by atoms with Crippen LogP contribution in [0.2, 0.25) is 0 Å². The Labute approximate surface area is 140 Å². The summed E-state index contributed by atoms with van der Waals surface area (Å²) in [5.74, 6) is -1.62. The van der Waals surface area contributed by atoms with Gasteiger partial charge in [-0.2, -0.15) is 0 Å². The first-order valence-electron chi connectivity index (χ1n) is 8.54. The number of unbranched alkanes of at least 4 members (excludes halogenated alkanes) is 5. The van der Waals surface area contributed by atoms with Gasteiger partial charge in [0.05, 0.1) is 5.92 Å². The number of hydrogen-bond acceptors (Lipinski definition) is 3. The zero-order chi connectivity index (χ0) is 17.1. The van der Waals surface area contributed by atoms with Crippen molar-refractivity contribution in [2.24, 2.45) is 0 Å². The van der Waals surface area contributed by atoms with Crippen LogP contribution >= 0.6 is 0 Å². The zero-order valence-corrected chi connectivity index (χ0v) is 14.9. The average molecular weight is 326 g/mol. The molecule has 0 N–H and O–H groups in total. The first-order valence-corrected chi connectivity index (χ1v) is 8.54. The summed E-state index contributed by atoms with van der Waals surface area (Å²) < 4.78 is 30.2. The number of rotatable bonds is 12. The highest BCUT2D eigenvalue weighted by Gasteiger charge is 2.40. The Morgan fingerprint density at radius 1 is 0.957 bits per heavy atom. The Bertz CT molecular complexity index is 424. The zero-order valence-electron chi connectivity index (χ0n) is 14.9. The van der Waals surface area contributed by atoms with E-state index in [0.717, 1.165) is 24.8 Å². The molecule has 1 rings (SSSR count). The SMILES string of the molecule is CCCCCCCCC(c1cccc(F)c1)C(OC)(OC)OC. The molecule has 0 heterocycles. The van der Waals surface area contributed by atoms with Crippen LogP contribution in [0.25, 0.3) is 0 Å². The first-order chi connectivity index (χ1) is 11.1. The highest BCUT2D eigenvalue weighted by Crippen LogP contribution is 2.37. The van der Waals surface area contributed by atoms with Gasteiger partial charge in [-0.3, -0.25) is 0 Å². The topological polar surface area (TPSA) is 27.7 Å². The molecule has 0 aliphatic heterocycles. The van der Waals surface area contributed by atoms with Crippen molar-refractivity contribution in [1.82, 2.24) is 0 Å². The third-order valence-electron chi connectivity index (χ3n) is 4.38.